The summed E-state index contributed by atoms with van der Waals surface area (Å²) in [5, 5.41) is 10.3. The Morgan fingerprint density at radius 3 is 2.48 bits per heavy atom. The smallest absolute Gasteiger partial charge is 0.410 e. The minimum absolute atomic E-state index is 0.276. The summed E-state index contributed by atoms with van der Waals surface area (Å²) in [6.45, 7) is 6.32. The van der Waals surface area contributed by atoms with E-state index in [4.69, 9.17) is 4.74 Å². The van der Waals surface area contributed by atoms with Gasteiger partial charge in [-0.3, -0.25) is 4.79 Å². The summed E-state index contributed by atoms with van der Waals surface area (Å²) < 4.78 is 18.7. The molecule has 27 heavy (non-hydrogen) atoms. The monoisotopic (exact) mass is 378 g/mol. The van der Waals surface area contributed by atoms with Crippen molar-refractivity contribution >= 4 is 12.0 Å². The van der Waals surface area contributed by atoms with Crippen LogP contribution in [0.1, 0.15) is 44.8 Å². The molecule has 148 valence electrons. The topological polar surface area (TPSA) is 70.1 Å². The van der Waals surface area contributed by atoms with Crippen molar-refractivity contribution in [2.24, 2.45) is 5.92 Å². The third kappa shape index (κ3) is 4.40. The molecule has 0 aliphatic carbocycles. The number of aliphatic hydroxyl groups excluding tert-OH is 1. The number of aliphatic hydroxyl groups is 1. The van der Waals surface area contributed by atoms with Crippen LogP contribution in [0.2, 0.25) is 0 Å². The molecular weight excluding hydrogens is 351 g/mol. The number of piperidine rings is 1. The Morgan fingerprint density at radius 1 is 1.26 bits per heavy atom. The molecule has 1 atom stereocenters. The fourth-order valence-electron chi connectivity index (χ4n) is 3.63. The number of carbonyl (C=O) groups is 2. The summed E-state index contributed by atoms with van der Waals surface area (Å²) in [7, 11) is 0. The summed E-state index contributed by atoms with van der Waals surface area (Å²) in [6, 6.07) is 5.27. The first-order valence-electron chi connectivity index (χ1n) is 9.50. The third-order valence-corrected chi connectivity index (χ3v) is 5.42. The van der Waals surface area contributed by atoms with E-state index < -0.39 is 23.4 Å². The molecule has 1 aromatic carbocycles. The molecule has 2 amide bonds. The zero-order valence-corrected chi connectivity index (χ0v) is 15.9. The van der Waals surface area contributed by atoms with Crippen LogP contribution in [0.5, 0.6) is 0 Å². The highest BCUT2D eigenvalue weighted by Crippen LogP contribution is 2.34. The van der Waals surface area contributed by atoms with Crippen molar-refractivity contribution < 1.29 is 23.8 Å². The van der Waals surface area contributed by atoms with Gasteiger partial charge in [0.2, 0.25) is 0 Å². The van der Waals surface area contributed by atoms with Gasteiger partial charge in [0.25, 0.3) is 5.91 Å². The van der Waals surface area contributed by atoms with E-state index in [0.717, 1.165) is 6.42 Å². The molecule has 0 bridgehead atoms. The van der Waals surface area contributed by atoms with Crippen molar-refractivity contribution in [3.8, 4) is 0 Å². The first-order valence-corrected chi connectivity index (χ1v) is 9.50. The van der Waals surface area contributed by atoms with Crippen LogP contribution in [0.15, 0.2) is 24.3 Å². The second-order valence-corrected chi connectivity index (χ2v) is 7.93. The summed E-state index contributed by atoms with van der Waals surface area (Å²) >= 11 is 0. The van der Waals surface area contributed by atoms with Gasteiger partial charge in [0.15, 0.2) is 6.10 Å². The first kappa shape index (κ1) is 19.6. The number of ether oxygens (including phenoxy) is 1. The van der Waals surface area contributed by atoms with Crippen molar-refractivity contribution in [2.75, 3.05) is 26.2 Å². The Balaban J connectivity index is 1.56. The highest BCUT2D eigenvalue weighted by Gasteiger charge is 2.47. The van der Waals surface area contributed by atoms with Gasteiger partial charge in [0.1, 0.15) is 11.4 Å². The summed E-state index contributed by atoms with van der Waals surface area (Å²) in [5.74, 6) is -0.303. The lowest BCUT2D eigenvalue weighted by Crippen LogP contribution is -2.49. The lowest BCUT2D eigenvalue weighted by molar-refractivity contribution is -0.144. The van der Waals surface area contributed by atoms with Crippen LogP contribution in [-0.4, -0.2) is 58.7 Å². The molecule has 0 aromatic heterocycles. The minimum atomic E-state index is -1.31. The van der Waals surface area contributed by atoms with E-state index in [0.29, 0.717) is 50.5 Å². The average Bonchev–Trinajstić information content (AvgIpc) is 2.95. The fourth-order valence-corrected chi connectivity index (χ4v) is 3.63. The summed E-state index contributed by atoms with van der Waals surface area (Å²) in [5.41, 5.74) is -0.167. The van der Waals surface area contributed by atoms with E-state index >= 15 is 0 Å². The van der Waals surface area contributed by atoms with Gasteiger partial charge >= 0.3 is 6.09 Å². The Bertz CT molecular complexity index is 684. The number of carbonyl (C=O) groups excluding carboxylic acids is 2. The standard InChI is InChI=1S/C20H27FN2O4/c1-14(2)7-10-23-13-20(27-19(23)26)8-11-22(12-9-20)18(25)17(24)15-3-5-16(21)6-4-15/h3-6,14,17,24H,7-13H2,1-2H3/t17-/m1/s1. The van der Waals surface area contributed by atoms with Gasteiger partial charge in [-0.25, -0.2) is 9.18 Å². The highest BCUT2D eigenvalue weighted by molar-refractivity contribution is 5.82. The van der Waals surface area contributed by atoms with Crippen molar-refractivity contribution in [2.45, 2.75) is 44.8 Å². The third-order valence-electron chi connectivity index (χ3n) is 5.42. The molecule has 7 heteroatoms. The quantitative estimate of drug-likeness (QED) is 0.855. The van der Waals surface area contributed by atoms with Gasteiger partial charge in [-0.2, -0.15) is 0 Å². The largest absolute Gasteiger partial charge is 0.441 e. The maximum Gasteiger partial charge on any atom is 0.410 e. The van der Waals surface area contributed by atoms with Crippen LogP contribution in [-0.2, 0) is 9.53 Å². The molecule has 0 saturated carbocycles. The molecule has 3 rings (SSSR count). The van der Waals surface area contributed by atoms with Gasteiger partial charge in [0, 0.05) is 32.5 Å². The second kappa shape index (κ2) is 7.84. The average molecular weight is 378 g/mol. The Morgan fingerprint density at radius 2 is 1.89 bits per heavy atom. The number of amides is 2. The van der Waals surface area contributed by atoms with Gasteiger partial charge in [-0.15, -0.1) is 0 Å². The van der Waals surface area contributed by atoms with Crippen LogP contribution in [0.3, 0.4) is 0 Å². The predicted octanol–water partition coefficient (Wildman–Crippen LogP) is 2.72. The van der Waals surface area contributed by atoms with E-state index in [2.05, 4.69) is 13.8 Å². The lowest BCUT2D eigenvalue weighted by Gasteiger charge is -2.38. The van der Waals surface area contributed by atoms with Gasteiger partial charge < -0.3 is 19.6 Å². The number of halogens is 1. The van der Waals surface area contributed by atoms with Crippen LogP contribution in [0, 0.1) is 11.7 Å². The Labute approximate surface area is 158 Å². The van der Waals surface area contributed by atoms with E-state index in [9.17, 15) is 19.1 Å². The molecule has 0 unspecified atom stereocenters. The van der Waals surface area contributed by atoms with E-state index in [1.807, 2.05) is 0 Å². The van der Waals surface area contributed by atoms with Crippen molar-refractivity contribution in [1.29, 1.82) is 0 Å². The second-order valence-electron chi connectivity index (χ2n) is 7.93. The molecule has 2 fully saturated rings. The molecule has 2 heterocycles. The first-order chi connectivity index (χ1) is 12.8. The SMILES string of the molecule is CC(C)CCN1CC2(CCN(C(=O)[C@H](O)c3ccc(F)cc3)CC2)OC1=O. The van der Waals surface area contributed by atoms with Gasteiger partial charge in [-0.05, 0) is 30.0 Å². The van der Waals surface area contributed by atoms with E-state index in [1.54, 1.807) is 9.80 Å². The molecule has 1 aromatic rings. The van der Waals surface area contributed by atoms with Crippen LogP contribution in [0.4, 0.5) is 9.18 Å². The number of nitrogens with zero attached hydrogens (tertiary/aromatic N) is 2. The van der Waals surface area contributed by atoms with Crippen molar-refractivity contribution in [1.82, 2.24) is 9.80 Å². The molecule has 0 radical (unpaired) electrons. The zero-order chi connectivity index (χ0) is 19.6. The molecular formula is C20H27FN2O4. The number of hydrogen-bond donors (Lipinski definition) is 1. The summed E-state index contributed by atoms with van der Waals surface area (Å²) in [4.78, 5) is 28.0. The Hall–Kier alpha value is -2.15. The van der Waals surface area contributed by atoms with Crippen molar-refractivity contribution in [3.63, 3.8) is 0 Å². The van der Waals surface area contributed by atoms with Crippen LogP contribution in [0.25, 0.3) is 0 Å². The van der Waals surface area contributed by atoms with Crippen molar-refractivity contribution in [3.05, 3.63) is 35.6 Å². The maximum absolute atomic E-state index is 13.0. The summed E-state index contributed by atoms with van der Waals surface area (Å²) in [6.07, 6.45) is 0.451. The Kier molecular flexibility index (Phi) is 5.69. The van der Waals surface area contributed by atoms with Crippen LogP contribution < -0.4 is 0 Å². The number of hydrogen-bond acceptors (Lipinski definition) is 4. The lowest BCUT2D eigenvalue weighted by atomic mass is 9.90. The molecule has 2 saturated heterocycles. The van der Waals surface area contributed by atoms with E-state index in [1.165, 1.54) is 24.3 Å². The molecule has 2 aliphatic rings. The number of benzene rings is 1. The fraction of sp³-hybridized carbons (Fsp3) is 0.600. The molecule has 2 aliphatic heterocycles. The minimum Gasteiger partial charge on any atom is -0.441 e. The molecule has 6 nitrogen and oxygen atoms in total. The highest BCUT2D eigenvalue weighted by atomic mass is 19.1. The van der Waals surface area contributed by atoms with Crippen LogP contribution >= 0.6 is 0 Å². The predicted molar refractivity (Wildman–Crippen MR) is 97.4 cm³/mol. The van der Waals surface area contributed by atoms with Gasteiger partial charge in [0.05, 0.1) is 6.54 Å². The zero-order valence-electron chi connectivity index (χ0n) is 15.9. The van der Waals surface area contributed by atoms with E-state index in [-0.39, 0.29) is 6.09 Å². The molecule has 1 N–H and O–H groups in total. The van der Waals surface area contributed by atoms with Gasteiger partial charge in [-0.1, -0.05) is 26.0 Å². The maximum atomic E-state index is 13.0. The molecule has 1 spiro atoms. The normalized spacial score (nSPS) is 20.3. The number of likely N-dealkylation sites (tertiary alicyclic amines) is 1. The number of rotatable bonds is 5.